The van der Waals surface area contributed by atoms with Gasteiger partial charge in [0, 0.05) is 5.38 Å². The van der Waals surface area contributed by atoms with Gasteiger partial charge in [-0.05, 0) is 31.5 Å². The van der Waals surface area contributed by atoms with Crippen LogP contribution in [0.2, 0.25) is 0 Å². The molecule has 1 unspecified atom stereocenters. The number of methoxy groups -OCH3 is 1. The largest absolute Gasteiger partial charge is 0.497 e. The first-order valence-electron chi connectivity index (χ1n) is 6.43. The third-order valence-electron chi connectivity index (χ3n) is 2.98. The highest BCUT2D eigenvalue weighted by Gasteiger charge is 2.12. The second-order valence-electron chi connectivity index (χ2n) is 4.61. The van der Waals surface area contributed by atoms with Gasteiger partial charge in [0.2, 0.25) is 5.91 Å². The van der Waals surface area contributed by atoms with Crippen molar-refractivity contribution in [3.05, 3.63) is 45.9 Å². The molecule has 0 saturated heterocycles. The molecule has 2 rings (SSSR count). The van der Waals surface area contributed by atoms with E-state index in [4.69, 9.17) is 4.74 Å². The molecule has 1 aromatic heterocycles. The van der Waals surface area contributed by atoms with E-state index in [9.17, 15) is 4.79 Å². The van der Waals surface area contributed by atoms with Gasteiger partial charge in [-0.3, -0.25) is 4.79 Å². The van der Waals surface area contributed by atoms with Crippen LogP contribution in [0.15, 0.2) is 29.6 Å². The van der Waals surface area contributed by atoms with Crippen molar-refractivity contribution in [1.82, 2.24) is 10.3 Å². The summed E-state index contributed by atoms with van der Waals surface area (Å²) in [5.74, 6) is 0.786. The zero-order valence-corrected chi connectivity index (χ0v) is 12.7. The number of hydrogen-bond acceptors (Lipinski definition) is 4. The van der Waals surface area contributed by atoms with Crippen LogP contribution in [0.25, 0.3) is 0 Å². The standard InChI is InChI=1S/C15H18N2O2S/c1-10(14-9-20-11(2)17-14)16-15(18)8-12-4-6-13(19-3)7-5-12/h4-7,9-10H,8H2,1-3H3,(H,16,18). The van der Waals surface area contributed by atoms with Gasteiger partial charge in [-0.15, -0.1) is 11.3 Å². The maximum Gasteiger partial charge on any atom is 0.224 e. The predicted molar refractivity (Wildman–Crippen MR) is 80.1 cm³/mol. The Kier molecular flexibility index (Phi) is 4.74. The second kappa shape index (κ2) is 6.52. The molecule has 0 spiro atoms. The summed E-state index contributed by atoms with van der Waals surface area (Å²) in [6.45, 7) is 3.90. The van der Waals surface area contributed by atoms with Crippen molar-refractivity contribution in [3.8, 4) is 5.75 Å². The van der Waals surface area contributed by atoms with Gasteiger partial charge in [0.25, 0.3) is 0 Å². The molecule has 0 aliphatic heterocycles. The summed E-state index contributed by atoms with van der Waals surface area (Å²) in [7, 11) is 1.62. The minimum absolute atomic E-state index is 0.00619. The number of ether oxygens (including phenoxy) is 1. The van der Waals surface area contributed by atoms with Crippen molar-refractivity contribution < 1.29 is 9.53 Å². The number of nitrogens with one attached hydrogen (secondary N) is 1. The van der Waals surface area contributed by atoms with Gasteiger partial charge in [0.05, 0.1) is 30.3 Å². The molecular formula is C15H18N2O2S. The highest BCUT2D eigenvalue weighted by molar-refractivity contribution is 7.09. The summed E-state index contributed by atoms with van der Waals surface area (Å²) < 4.78 is 5.09. The van der Waals surface area contributed by atoms with E-state index in [1.807, 2.05) is 43.5 Å². The molecule has 20 heavy (non-hydrogen) atoms. The number of amides is 1. The van der Waals surface area contributed by atoms with Gasteiger partial charge in [0.1, 0.15) is 5.75 Å². The third-order valence-corrected chi connectivity index (χ3v) is 3.77. The van der Waals surface area contributed by atoms with Crippen LogP contribution in [0.3, 0.4) is 0 Å². The first-order valence-corrected chi connectivity index (χ1v) is 7.31. The lowest BCUT2D eigenvalue weighted by molar-refractivity contribution is -0.121. The lowest BCUT2D eigenvalue weighted by Crippen LogP contribution is -2.28. The number of benzene rings is 1. The minimum atomic E-state index is -0.0642. The molecule has 5 heteroatoms. The maximum atomic E-state index is 12.0. The predicted octanol–water partition coefficient (Wildman–Crippen LogP) is 2.88. The zero-order valence-electron chi connectivity index (χ0n) is 11.8. The summed E-state index contributed by atoms with van der Waals surface area (Å²) in [6, 6.07) is 7.45. The highest BCUT2D eigenvalue weighted by Crippen LogP contribution is 2.16. The lowest BCUT2D eigenvalue weighted by atomic mass is 10.1. The molecule has 1 amide bonds. The van der Waals surface area contributed by atoms with Gasteiger partial charge in [0.15, 0.2) is 0 Å². The smallest absolute Gasteiger partial charge is 0.224 e. The Morgan fingerprint density at radius 2 is 2.10 bits per heavy atom. The van der Waals surface area contributed by atoms with E-state index in [0.29, 0.717) is 6.42 Å². The molecule has 1 aromatic carbocycles. The summed E-state index contributed by atoms with van der Waals surface area (Å²) in [5, 5.41) is 5.95. The SMILES string of the molecule is COc1ccc(CC(=O)NC(C)c2csc(C)n2)cc1. The van der Waals surface area contributed by atoms with Gasteiger partial charge in [-0.25, -0.2) is 4.98 Å². The Bertz CT molecular complexity index is 578. The number of thiazole rings is 1. The van der Waals surface area contributed by atoms with E-state index >= 15 is 0 Å². The molecule has 106 valence electrons. The molecule has 2 aromatic rings. The molecule has 1 N–H and O–H groups in total. The van der Waals surface area contributed by atoms with Crippen LogP contribution in [0, 0.1) is 6.92 Å². The third kappa shape index (κ3) is 3.81. The maximum absolute atomic E-state index is 12.0. The topological polar surface area (TPSA) is 51.2 Å². The summed E-state index contributed by atoms with van der Waals surface area (Å²) >= 11 is 1.59. The van der Waals surface area contributed by atoms with Crippen molar-refractivity contribution in [2.24, 2.45) is 0 Å². The number of aromatic nitrogens is 1. The van der Waals surface area contributed by atoms with Crippen LogP contribution in [0.5, 0.6) is 5.75 Å². The Hall–Kier alpha value is -1.88. The van der Waals surface area contributed by atoms with Crippen molar-refractivity contribution in [2.45, 2.75) is 26.3 Å². The Morgan fingerprint density at radius 3 is 2.65 bits per heavy atom. The molecule has 0 saturated carbocycles. The highest BCUT2D eigenvalue weighted by atomic mass is 32.1. The fraction of sp³-hybridized carbons (Fsp3) is 0.333. The molecule has 0 fully saturated rings. The second-order valence-corrected chi connectivity index (χ2v) is 5.67. The number of rotatable bonds is 5. The number of hydrogen-bond donors (Lipinski definition) is 1. The summed E-state index contributed by atoms with van der Waals surface area (Å²) in [5.41, 5.74) is 1.88. The minimum Gasteiger partial charge on any atom is -0.497 e. The Morgan fingerprint density at radius 1 is 1.40 bits per heavy atom. The number of nitrogens with zero attached hydrogens (tertiary/aromatic N) is 1. The first kappa shape index (κ1) is 14.5. The molecule has 1 heterocycles. The fourth-order valence-corrected chi connectivity index (χ4v) is 2.58. The zero-order chi connectivity index (χ0) is 14.5. The number of carbonyl (C=O) groups is 1. The van der Waals surface area contributed by atoms with Crippen molar-refractivity contribution in [1.29, 1.82) is 0 Å². The number of carbonyl (C=O) groups excluding carboxylic acids is 1. The van der Waals surface area contributed by atoms with E-state index in [1.54, 1.807) is 18.4 Å². The Balaban J connectivity index is 1.91. The molecule has 0 aliphatic rings. The van der Waals surface area contributed by atoms with Crippen LogP contribution >= 0.6 is 11.3 Å². The normalized spacial score (nSPS) is 11.9. The van der Waals surface area contributed by atoms with Gasteiger partial charge in [-0.2, -0.15) is 0 Å². The quantitative estimate of drug-likeness (QED) is 0.921. The van der Waals surface area contributed by atoms with Crippen molar-refractivity contribution in [2.75, 3.05) is 7.11 Å². The average molecular weight is 290 g/mol. The van der Waals surface area contributed by atoms with Crippen LogP contribution in [-0.4, -0.2) is 18.0 Å². The molecule has 0 bridgehead atoms. The summed E-state index contributed by atoms with van der Waals surface area (Å²) in [6.07, 6.45) is 0.359. The number of aryl methyl sites for hydroxylation is 1. The van der Waals surface area contributed by atoms with E-state index in [1.165, 1.54) is 0 Å². The molecule has 1 atom stereocenters. The van der Waals surface area contributed by atoms with Crippen LogP contribution in [0.4, 0.5) is 0 Å². The first-order chi connectivity index (χ1) is 9.58. The van der Waals surface area contributed by atoms with E-state index in [0.717, 1.165) is 22.0 Å². The Labute approximate surface area is 122 Å². The molecule has 0 radical (unpaired) electrons. The van der Waals surface area contributed by atoms with Gasteiger partial charge >= 0.3 is 0 Å². The molecule has 0 aliphatic carbocycles. The average Bonchev–Trinajstić information content (AvgIpc) is 2.86. The molecular weight excluding hydrogens is 272 g/mol. The summed E-state index contributed by atoms with van der Waals surface area (Å²) in [4.78, 5) is 16.4. The van der Waals surface area contributed by atoms with Crippen LogP contribution in [-0.2, 0) is 11.2 Å². The monoisotopic (exact) mass is 290 g/mol. The van der Waals surface area contributed by atoms with Crippen LogP contribution in [0.1, 0.15) is 29.2 Å². The van der Waals surface area contributed by atoms with Crippen LogP contribution < -0.4 is 10.1 Å². The van der Waals surface area contributed by atoms with Crippen molar-refractivity contribution >= 4 is 17.2 Å². The lowest BCUT2D eigenvalue weighted by Gasteiger charge is -2.11. The fourth-order valence-electron chi connectivity index (χ4n) is 1.87. The van der Waals surface area contributed by atoms with E-state index in [2.05, 4.69) is 10.3 Å². The van der Waals surface area contributed by atoms with E-state index < -0.39 is 0 Å². The van der Waals surface area contributed by atoms with Gasteiger partial charge in [-0.1, -0.05) is 12.1 Å². The van der Waals surface area contributed by atoms with Gasteiger partial charge < -0.3 is 10.1 Å². The molecule has 4 nitrogen and oxygen atoms in total. The van der Waals surface area contributed by atoms with E-state index in [-0.39, 0.29) is 11.9 Å². The van der Waals surface area contributed by atoms with Crippen molar-refractivity contribution in [3.63, 3.8) is 0 Å².